The van der Waals surface area contributed by atoms with Gasteiger partial charge in [0.05, 0.1) is 6.67 Å². The molecule has 0 aromatic heterocycles. The number of ether oxygens (including phenoxy) is 1. The van der Waals surface area contributed by atoms with Gasteiger partial charge in [0.15, 0.2) is 6.23 Å². The molecule has 4 nitrogen and oxygen atoms in total. The Balaban J connectivity index is 2.36. The van der Waals surface area contributed by atoms with Crippen LogP contribution >= 0.6 is 0 Å². The zero-order valence-corrected chi connectivity index (χ0v) is 11.0. The molecule has 96 valence electrons. The van der Waals surface area contributed by atoms with E-state index in [0.717, 1.165) is 13.2 Å². The Kier molecular flexibility index (Phi) is 5.07. The van der Waals surface area contributed by atoms with E-state index in [0.29, 0.717) is 5.57 Å². The maximum absolute atomic E-state index is 11.4. The number of esters is 1. The van der Waals surface area contributed by atoms with Crippen LogP contribution in [-0.2, 0) is 9.53 Å². The molecular weight excluding hydrogens is 216 g/mol. The van der Waals surface area contributed by atoms with Crippen LogP contribution in [-0.4, -0.2) is 35.2 Å². The van der Waals surface area contributed by atoms with Crippen LogP contribution in [0.2, 0.25) is 0 Å². The lowest BCUT2D eigenvalue weighted by Crippen LogP contribution is -2.35. The van der Waals surface area contributed by atoms with E-state index in [4.69, 9.17) is 4.74 Å². The Hall–Kier alpha value is -1.45. The number of carbonyl (C=O) groups is 1. The van der Waals surface area contributed by atoms with Crippen molar-refractivity contribution in [3.05, 3.63) is 24.6 Å². The zero-order valence-electron chi connectivity index (χ0n) is 11.0. The van der Waals surface area contributed by atoms with Crippen LogP contribution in [0.5, 0.6) is 0 Å². The lowest BCUT2D eigenvalue weighted by Gasteiger charge is -2.26. The predicted octanol–water partition coefficient (Wildman–Crippen LogP) is 2.30. The van der Waals surface area contributed by atoms with Crippen molar-refractivity contribution in [2.24, 2.45) is 0 Å². The first-order chi connectivity index (χ1) is 8.04. The number of carbonyl (C=O) groups excluding carboxylic acids is 1. The highest BCUT2D eigenvalue weighted by molar-refractivity contribution is 5.87. The van der Waals surface area contributed by atoms with Gasteiger partial charge < -0.3 is 14.5 Å². The third kappa shape index (κ3) is 4.13. The molecule has 0 amide bonds. The number of rotatable bonds is 6. The van der Waals surface area contributed by atoms with Crippen LogP contribution < -0.4 is 0 Å². The van der Waals surface area contributed by atoms with E-state index in [1.807, 2.05) is 24.2 Å². The summed E-state index contributed by atoms with van der Waals surface area (Å²) in [6.45, 7) is 11.1. The normalized spacial score (nSPS) is 16.2. The molecule has 1 aliphatic heterocycles. The summed E-state index contributed by atoms with van der Waals surface area (Å²) in [7, 11) is 0. The Morgan fingerprint density at radius 2 is 2.24 bits per heavy atom. The summed E-state index contributed by atoms with van der Waals surface area (Å²) in [6.07, 6.45) is 6.12. The highest BCUT2D eigenvalue weighted by Crippen LogP contribution is 2.13. The maximum Gasteiger partial charge on any atom is 0.335 e. The Morgan fingerprint density at radius 1 is 1.53 bits per heavy atom. The molecule has 0 bridgehead atoms. The van der Waals surface area contributed by atoms with E-state index >= 15 is 0 Å². The monoisotopic (exact) mass is 238 g/mol. The standard InChI is InChI=1S/C13H22N2O2/c1-5-6-7-14-8-9-15(10-14)12(4)17-13(16)11(2)3/h8-9,12H,2,5-7,10H2,1,3-4H3. The first-order valence-electron chi connectivity index (χ1n) is 6.09. The van der Waals surface area contributed by atoms with E-state index in [2.05, 4.69) is 18.4 Å². The van der Waals surface area contributed by atoms with Gasteiger partial charge in [0.2, 0.25) is 0 Å². The molecule has 1 aliphatic rings. The number of hydrogen-bond donors (Lipinski definition) is 0. The van der Waals surface area contributed by atoms with Crippen molar-refractivity contribution in [2.75, 3.05) is 13.2 Å². The van der Waals surface area contributed by atoms with Crippen LogP contribution in [0.15, 0.2) is 24.6 Å². The highest BCUT2D eigenvalue weighted by atomic mass is 16.6. The van der Waals surface area contributed by atoms with Crippen LogP contribution in [0.25, 0.3) is 0 Å². The van der Waals surface area contributed by atoms with Crippen LogP contribution in [0.4, 0.5) is 0 Å². The average Bonchev–Trinajstić information content (AvgIpc) is 2.74. The fourth-order valence-corrected chi connectivity index (χ4v) is 1.55. The summed E-state index contributed by atoms with van der Waals surface area (Å²) in [5, 5.41) is 0. The van der Waals surface area contributed by atoms with Crippen molar-refractivity contribution in [1.29, 1.82) is 0 Å². The molecule has 1 heterocycles. The fourth-order valence-electron chi connectivity index (χ4n) is 1.55. The minimum atomic E-state index is -0.335. The molecule has 1 rings (SSSR count). The Morgan fingerprint density at radius 3 is 2.82 bits per heavy atom. The number of nitrogens with zero attached hydrogens (tertiary/aromatic N) is 2. The lowest BCUT2D eigenvalue weighted by atomic mass is 10.3. The van der Waals surface area contributed by atoms with Gasteiger partial charge >= 0.3 is 5.97 Å². The molecule has 0 radical (unpaired) electrons. The number of hydrogen-bond acceptors (Lipinski definition) is 4. The summed E-state index contributed by atoms with van der Waals surface area (Å²) >= 11 is 0. The van der Waals surface area contributed by atoms with Crippen LogP contribution in [0, 0.1) is 0 Å². The summed E-state index contributed by atoms with van der Waals surface area (Å²) in [6, 6.07) is 0. The molecule has 0 saturated heterocycles. The molecule has 0 saturated carbocycles. The van der Waals surface area contributed by atoms with Gasteiger partial charge in [-0.25, -0.2) is 4.79 Å². The third-order valence-corrected chi connectivity index (χ3v) is 2.71. The SMILES string of the molecule is C=C(C)C(=O)OC(C)N1C=CN(CCCC)C1. The minimum Gasteiger partial charge on any atom is -0.438 e. The molecule has 17 heavy (non-hydrogen) atoms. The van der Waals surface area contributed by atoms with Crippen molar-refractivity contribution in [1.82, 2.24) is 9.80 Å². The van der Waals surface area contributed by atoms with Crippen molar-refractivity contribution in [2.45, 2.75) is 39.8 Å². The van der Waals surface area contributed by atoms with Gasteiger partial charge in [-0.15, -0.1) is 0 Å². The van der Waals surface area contributed by atoms with Crippen molar-refractivity contribution in [3.8, 4) is 0 Å². The third-order valence-electron chi connectivity index (χ3n) is 2.71. The topological polar surface area (TPSA) is 32.8 Å². The zero-order chi connectivity index (χ0) is 12.8. The highest BCUT2D eigenvalue weighted by Gasteiger charge is 2.20. The van der Waals surface area contributed by atoms with Gasteiger partial charge in [0.25, 0.3) is 0 Å². The van der Waals surface area contributed by atoms with E-state index in [9.17, 15) is 4.79 Å². The molecular formula is C13H22N2O2. The largest absolute Gasteiger partial charge is 0.438 e. The smallest absolute Gasteiger partial charge is 0.335 e. The van der Waals surface area contributed by atoms with E-state index in [-0.39, 0.29) is 12.2 Å². The van der Waals surface area contributed by atoms with Gasteiger partial charge in [0.1, 0.15) is 0 Å². The molecule has 1 unspecified atom stereocenters. The molecule has 0 fully saturated rings. The molecule has 0 aliphatic carbocycles. The predicted molar refractivity (Wildman–Crippen MR) is 67.8 cm³/mol. The molecule has 0 aromatic rings. The minimum absolute atomic E-state index is 0.248. The Bertz CT molecular complexity index is 313. The molecule has 1 atom stereocenters. The summed E-state index contributed by atoms with van der Waals surface area (Å²) < 4.78 is 5.26. The molecule has 0 aromatic carbocycles. The van der Waals surface area contributed by atoms with E-state index < -0.39 is 0 Å². The molecule has 0 N–H and O–H groups in total. The van der Waals surface area contributed by atoms with Gasteiger partial charge in [-0.05, 0) is 20.3 Å². The summed E-state index contributed by atoms with van der Waals surface area (Å²) in [5.41, 5.74) is 0.433. The Labute approximate surface area is 104 Å². The van der Waals surface area contributed by atoms with Crippen LogP contribution in [0.1, 0.15) is 33.6 Å². The van der Waals surface area contributed by atoms with Crippen molar-refractivity contribution >= 4 is 5.97 Å². The van der Waals surface area contributed by atoms with Crippen molar-refractivity contribution < 1.29 is 9.53 Å². The second-order valence-electron chi connectivity index (χ2n) is 4.40. The second kappa shape index (κ2) is 6.33. The first kappa shape index (κ1) is 13.6. The summed E-state index contributed by atoms with van der Waals surface area (Å²) in [4.78, 5) is 15.6. The van der Waals surface area contributed by atoms with E-state index in [1.54, 1.807) is 6.92 Å². The second-order valence-corrected chi connectivity index (χ2v) is 4.40. The first-order valence-corrected chi connectivity index (χ1v) is 6.09. The van der Waals surface area contributed by atoms with Gasteiger partial charge in [-0.3, -0.25) is 0 Å². The fraction of sp³-hybridized carbons (Fsp3) is 0.615. The molecule has 0 spiro atoms. The van der Waals surface area contributed by atoms with Gasteiger partial charge in [-0.2, -0.15) is 0 Å². The van der Waals surface area contributed by atoms with Crippen LogP contribution in [0.3, 0.4) is 0 Å². The van der Waals surface area contributed by atoms with Crippen molar-refractivity contribution in [3.63, 3.8) is 0 Å². The lowest BCUT2D eigenvalue weighted by molar-refractivity contribution is -0.150. The maximum atomic E-state index is 11.4. The van der Waals surface area contributed by atoms with E-state index in [1.165, 1.54) is 12.8 Å². The molecule has 4 heteroatoms. The summed E-state index contributed by atoms with van der Waals surface area (Å²) in [5.74, 6) is -0.335. The number of unbranched alkanes of at least 4 members (excludes halogenated alkanes) is 1. The average molecular weight is 238 g/mol. The van der Waals surface area contributed by atoms with Gasteiger partial charge in [-0.1, -0.05) is 19.9 Å². The van der Waals surface area contributed by atoms with Gasteiger partial charge in [0, 0.05) is 24.5 Å². The quantitative estimate of drug-likeness (QED) is 0.525.